The van der Waals surface area contributed by atoms with Crippen LogP contribution in [-0.4, -0.2) is 69.5 Å². The quantitative estimate of drug-likeness (QED) is 0.829. The van der Waals surface area contributed by atoms with E-state index in [0.717, 1.165) is 25.2 Å². The number of carbonyl (C=O) groups excluding carboxylic acids is 1. The number of methoxy groups -OCH3 is 1. The first kappa shape index (κ1) is 17.8. The number of rotatable bonds is 5. The molecular weight excluding hydrogens is 324 g/mol. The molecule has 2 aliphatic heterocycles. The lowest BCUT2D eigenvalue weighted by Crippen LogP contribution is -2.55. The molecule has 2 aliphatic rings. The third kappa shape index (κ3) is 3.36. The van der Waals surface area contributed by atoms with Crippen molar-refractivity contribution in [1.29, 1.82) is 0 Å². The number of carboxylic acids is 1. The molecule has 8 heteroatoms. The number of piperidine rings is 1. The molecule has 25 heavy (non-hydrogen) atoms. The van der Waals surface area contributed by atoms with Gasteiger partial charge in [-0.05, 0) is 12.8 Å². The van der Waals surface area contributed by atoms with E-state index >= 15 is 0 Å². The molecule has 0 aliphatic carbocycles. The summed E-state index contributed by atoms with van der Waals surface area (Å²) in [7, 11) is 3.35. The second-order valence-electron chi connectivity index (χ2n) is 6.87. The number of likely N-dealkylation sites (tertiary alicyclic amines) is 2. The van der Waals surface area contributed by atoms with E-state index in [0.29, 0.717) is 25.3 Å². The van der Waals surface area contributed by atoms with Crippen molar-refractivity contribution in [2.24, 2.45) is 5.92 Å². The molecule has 0 radical (unpaired) electrons. The van der Waals surface area contributed by atoms with E-state index in [4.69, 9.17) is 4.74 Å². The van der Waals surface area contributed by atoms with Gasteiger partial charge in [0, 0.05) is 58.2 Å². The molecule has 1 amide bonds. The predicted octanol–water partition coefficient (Wildman–Crippen LogP) is 0.521. The fraction of sp³-hybridized carbons (Fsp3) is 0.647. The van der Waals surface area contributed by atoms with E-state index in [1.165, 1.54) is 0 Å². The van der Waals surface area contributed by atoms with Crippen LogP contribution < -0.4 is 0 Å². The van der Waals surface area contributed by atoms with E-state index in [1.807, 2.05) is 0 Å². The lowest BCUT2D eigenvalue weighted by molar-refractivity contribution is -0.146. The van der Waals surface area contributed by atoms with Crippen molar-refractivity contribution in [1.82, 2.24) is 19.8 Å². The minimum atomic E-state index is -0.867. The molecule has 2 fully saturated rings. The Balaban J connectivity index is 1.63. The highest BCUT2D eigenvalue weighted by Crippen LogP contribution is 2.42. The number of carboxylic acid groups (broad SMARTS) is 1. The van der Waals surface area contributed by atoms with Gasteiger partial charge in [-0.3, -0.25) is 14.5 Å². The van der Waals surface area contributed by atoms with Crippen LogP contribution in [-0.2, 0) is 27.5 Å². The Morgan fingerprint density at radius 3 is 2.56 bits per heavy atom. The molecule has 1 unspecified atom stereocenters. The Bertz CT molecular complexity index is 641. The number of nitrogens with zero attached hydrogens (tertiary/aromatic N) is 4. The Morgan fingerprint density at radius 2 is 2.00 bits per heavy atom. The van der Waals surface area contributed by atoms with E-state index in [1.54, 1.807) is 31.5 Å². The number of hydrogen-bond acceptors (Lipinski definition) is 6. The third-order valence-electron chi connectivity index (χ3n) is 5.53. The number of hydrogen-bond donors (Lipinski definition) is 1. The van der Waals surface area contributed by atoms with E-state index in [2.05, 4.69) is 14.9 Å². The van der Waals surface area contributed by atoms with Gasteiger partial charge in [-0.15, -0.1) is 0 Å². The minimum Gasteiger partial charge on any atom is -0.481 e. The van der Waals surface area contributed by atoms with Crippen LogP contribution in [0.25, 0.3) is 0 Å². The molecule has 1 aromatic rings. The van der Waals surface area contributed by atoms with Gasteiger partial charge >= 0.3 is 5.97 Å². The van der Waals surface area contributed by atoms with Crippen LogP contribution in [0.5, 0.6) is 0 Å². The lowest BCUT2D eigenvalue weighted by Gasteiger charge is -2.45. The molecule has 0 bridgehead atoms. The summed E-state index contributed by atoms with van der Waals surface area (Å²) in [6.45, 7) is 2.62. The molecule has 3 heterocycles. The molecule has 8 nitrogen and oxygen atoms in total. The van der Waals surface area contributed by atoms with Gasteiger partial charge in [-0.2, -0.15) is 0 Å². The molecule has 2 saturated heterocycles. The minimum absolute atomic E-state index is 0.0667. The SMILES string of the molecule is COCc1ncc(CN2CCC3(CC2)C(C(=O)O)CC(=O)N3C)cn1. The number of amides is 1. The van der Waals surface area contributed by atoms with Gasteiger partial charge < -0.3 is 14.7 Å². The molecule has 1 aromatic heterocycles. The molecule has 136 valence electrons. The Labute approximate surface area is 146 Å². The zero-order valence-corrected chi connectivity index (χ0v) is 14.6. The van der Waals surface area contributed by atoms with Crippen molar-refractivity contribution in [3.05, 3.63) is 23.8 Å². The Morgan fingerprint density at radius 1 is 1.36 bits per heavy atom. The highest BCUT2D eigenvalue weighted by Gasteiger charge is 2.55. The normalized spacial score (nSPS) is 23.4. The summed E-state index contributed by atoms with van der Waals surface area (Å²) in [4.78, 5) is 36.1. The average molecular weight is 348 g/mol. The molecule has 1 atom stereocenters. The van der Waals surface area contributed by atoms with E-state index < -0.39 is 17.4 Å². The zero-order valence-electron chi connectivity index (χ0n) is 14.6. The molecule has 1 N–H and O–H groups in total. The highest BCUT2D eigenvalue weighted by atomic mass is 16.5. The van der Waals surface area contributed by atoms with Gasteiger partial charge in [0.1, 0.15) is 6.61 Å². The molecule has 0 saturated carbocycles. The summed E-state index contributed by atoms with van der Waals surface area (Å²) in [5.74, 6) is -0.890. The van der Waals surface area contributed by atoms with Crippen LogP contribution in [0.2, 0.25) is 0 Å². The van der Waals surface area contributed by atoms with Gasteiger partial charge in [0.25, 0.3) is 0 Å². The van der Waals surface area contributed by atoms with Gasteiger partial charge in [0.05, 0.1) is 11.5 Å². The van der Waals surface area contributed by atoms with Crippen molar-refractivity contribution in [2.75, 3.05) is 27.2 Å². The second kappa shape index (κ2) is 7.05. The number of aromatic nitrogens is 2. The van der Waals surface area contributed by atoms with Crippen LogP contribution in [0.15, 0.2) is 12.4 Å². The van der Waals surface area contributed by atoms with Gasteiger partial charge in [-0.1, -0.05) is 0 Å². The fourth-order valence-corrected chi connectivity index (χ4v) is 4.01. The van der Waals surface area contributed by atoms with E-state index in [-0.39, 0.29) is 12.3 Å². The van der Waals surface area contributed by atoms with Crippen molar-refractivity contribution in [3.8, 4) is 0 Å². The first-order valence-corrected chi connectivity index (χ1v) is 8.47. The monoisotopic (exact) mass is 348 g/mol. The maximum atomic E-state index is 12.0. The highest BCUT2D eigenvalue weighted by molar-refractivity contribution is 5.88. The van der Waals surface area contributed by atoms with Gasteiger partial charge in [-0.25, -0.2) is 9.97 Å². The number of aliphatic carboxylic acids is 1. The van der Waals surface area contributed by atoms with Crippen LogP contribution in [0.4, 0.5) is 0 Å². The van der Waals surface area contributed by atoms with Gasteiger partial charge in [0.15, 0.2) is 5.82 Å². The lowest BCUT2D eigenvalue weighted by atomic mass is 9.77. The van der Waals surface area contributed by atoms with Crippen molar-refractivity contribution >= 4 is 11.9 Å². The summed E-state index contributed by atoms with van der Waals surface area (Å²) < 4.78 is 5.00. The zero-order chi connectivity index (χ0) is 18.0. The van der Waals surface area contributed by atoms with Gasteiger partial charge in [0.2, 0.25) is 5.91 Å². The summed E-state index contributed by atoms with van der Waals surface area (Å²) in [6, 6.07) is 0. The fourth-order valence-electron chi connectivity index (χ4n) is 4.01. The third-order valence-corrected chi connectivity index (χ3v) is 5.53. The predicted molar refractivity (Wildman–Crippen MR) is 88.5 cm³/mol. The smallest absolute Gasteiger partial charge is 0.309 e. The molecule has 0 aromatic carbocycles. The first-order valence-electron chi connectivity index (χ1n) is 8.47. The van der Waals surface area contributed by atoms with E-state index in [9.17, 15) is 14.7 Å². The largest absolute Gasteiger partial charge is 0.481 e. The summed E-state index contributed by atoms with van der Waals surface area (Å²) in [5.41, 5.74) is 0.472. The van der Waals surface area contributed by atoms with Crippen molar-refractivity contribution < 1.29 is 19.4 Å². The van der Waals surface area contributed by atoms with Crippen molar-refractivity contribution in [3.63, 3.8) is 0 Å². The topological polar surface area (TPSA) is 95.9 Å². The Hall–Kier alpha value is -2.06. The number of carbonyl (C=O) groups is 2. The maximum Gasteiger partial charge on any atom is 0.309 e. The second-order valence-corrected chi connectivity index (χ2v) is 6.87. The molecule has 3 rings (SSSR count). The van der Waals surface area contributed by atoms with Crippen LogP contribution in [0.3, 0.4) is 0 Å². The summed E-state index contributed by atoms with van der Waals surface area (Å²) >= 11 is 0. The summed E-state index contributed by atoms with van der Waals surface area (Å²) in [5, 5.41) is 9.52. The number of ether oxygens (including phenoxy) is 1. The van der Waals surface area contributed by atoms with Crippen LogP contribution in [0.1, 0.15) is 30.7 Å². The standard InChI is InChI=1S/C17H24N4O4/c1-20-15(22)7-13(16(23)24)17(20)3-5-21(6-4-17)10-12-8-18-14(11-25-2)19-9-12/h8-9,13H,3-7,10-11H2,1-2H3,(H,23,24). The maximum absolute atomic E-state index is 12.0. The van der Waals surface area contributed by atoms with Crippen LogP contribution >= 0.6 is 0 Å². The Kier molecular flexibility index (Phi) is 5.01. The van der Waals surface area contributed by atoms with Crippen molar-refractivity contribution in [2.45, 2.75) is 38.0 Å². The van der Waals surface area contributed by atoms with Crippen LogP contribution in [0, 0.1) is 5.92 Å². The molecule has 1 spiro atoms. The average Bonchev–Trinajstić information content (AvgIpc) is 2.84. The molecular formula is C17H24N4O4. The summed E-state index contributed by atoms with van der Waals surface area (Å²) in [6.07, 6.45) is 5.07. The first-order chi connectivity index (χ1) is 12.0.